The quantitative estimate of drug-likeness (QED) is 0.573. The Balaban J connectivity index is 1.19. The van der Waals surface area contributed by atoms with Crippen LogP contribution < -0.4 is 5.32 Å². The van der Waals surface area contributed by atoms with E-state index in [2.05, 4.69) is 24.1 Å². The van der Waals surface area contributed by atoms with Gasteiger partial charge in [0.15, 0.2) is 0 Å². The highest BCUT2D eigenvalue weighted by Gasteiger charge is 2.61. The predicted molar refractivity (Wildman–Crippen MR) is 137 cm³/mol. The zero-order valence-electron chi connectivity index (χ0n) is 21.8. The largest absolute Gasteiger partial charge is 0.376 e. The summed E-state index contributed by atoms with van der Waals surface area (Å²) in [4.78, 5) is 47.8. The summed E-state index contributed by atoms with van der Waals surface area (Å²) >= 11 is 1.32. The van der Waals surface area contributed by atoms with Gasteiger partial charge in [-0.3, -0.25) is 19.4 Å². The molecule has 0 bridgehead atoms. The van der Waals surface area contributed by atoms with E-state index in [-0.39, 0.29) is 46.5 Å². The molecule has 1 aromatic rings. The number of ether oxygens (including phenoxy) is 1. The number of nitrogens with one attached hydrogen (secondary N) is 1. The van der Waals surface area contributed by atoms with Crippen LogP contribution in [0.4, 0.5) is 0 Å². The van der Waals surface area contributed by atoms with E-state index in [1.807, 2.05) is 11.8 Å². The topological polar surface area (TPSA) is 91.8 Å². The summed E-state index contributed by atoms with van der Waals surface area (Å²) in [6.45, 7) is 9.43. The van der Waals surface area contributed by atoms with Gasteiger partial charge in [0.2, 0.25) is 11.8 Å². The first-order chi connectivity index (χ1) is 17.2. The standard InChI is InChI=1S/C27H40N4O4S/c1-18(35-13-19-7-5-4-6-8-19)10-29-23(32)21-12-30(25(34)22-11-28-17-36-22)14-27(21)15-31(16-27)24(33)20-9-26(20,2)3/h11,17-21H,4-10,12-16H2,1-3H3,(H,29,32)/t18-,20-,21+/m1/s1. The van der Waals surface area contributed by atoms with Crippen molar-refractivity contribution < 1.29 is 19.1 Å². The minimum Gasteiger partial charge on any atom is -0.376 e. The molecular weight excluding hydrogens is 476 g/mol. The molecule has 3 heterocycles. The van der Waals surface area contributed by atoms with Crippen LogP contribution in [0, 0.1) is 28.6 Å². The third-order valence-electron chi connectivity index (χ3n) is 8.93. The van der Waals surface area contributed by atoms with Crippen LogP contribution >= 0.6 is 11.3 Å². The monoisotopic (exact) mass is 516 g/mol. The molecule has 36 heavy (non-hydrogen) atoms. The van der Waals surface area contributed by atoms with Crippen molar-refractivity contribution in [3.63, 3.8) is 0 Å². The smallest absolute Gasteiger partial charge is 0.265 e. The number of nitrogens with zero attached hydrogens (tertiary/aromatic N) is 3. The molecule has 0 radical (unpaired) electrons. The summed E-state index contributed by atoms with van der Waals surface area (Å²) in [5, 5.41) is 3.11. The van der Waals surface area contributed by atoms with Gasteiger partial charge in [-0.25, -0.2) is 0 Å². The fraction of sp³-hybridized carbons (Fsp3) is 0.778. The highest BCUT2D eigenvalue weighted by atomic mass is 32.1. The summed E-state index contributed by atoms with van der Waals surface area (Å²) < 4.78 is 6.06. The van der Waals surface area contributed by atoms with Crippen LogP contribution in [0.1, 0.15) is 69.0 Å². The fourth-order valence-corrected chi connectivity index (χ4v) is 6.93. The number of rotatable bonds is 8. The maximum absolute atomic E-state index is 13.4. The van der Waals surface area contributed by atoms with Crippen LogP contribution in [0.5, 0.6) is 0 Å². The lowest BCUT2D eigenvalue weighted by molar-refractivity contribution is -0.151. The van der Waals surface area contributed by atoms with E-state index >= 15 is 0 Å². The summed E-state index contributed by atoms with van der Waals surface area (Å²) in [6, 6.07) is 0. The van der Waals surface area contributed by atoms with Gasteiger partial charge in [0.05, 0.1) is 23.7 Å². The lowest BCUT2D eigenvalue weighted by Crippen LogP contribution is -2.64. The van der Waals surface area contributed by atoms with E-state index in [9.17, 15) is 14.4 Å². The fourth-order valence-electron chi connectivity index (χ4n) is 6.34. The van der Waals surface area contributed by atoms with Crippen molar-refractivity contribution in [2.24, 2.45) is 28.6 Å². The first-order valence-electron chi connectivity index (χ1n) is 13.5. The van der Waals surface area contributed by atoms with Gasteiger partial charge in [0, 0.05) is 50.7 Å². The lowest BCUT2D eigenvalue weighted by Gasteiger charge is -2.50. The zero-order chi connectivity index (χ0) is 25.5. The Morgan fingerprint density at radius 2 is 1.83 bits per heavy atom. The van der Waals surface area contributed by atoms with Crippen molar-refractivity contribution in [2.45, 2.75) is 65.4 Å². The molecule has 5 rings (SSSR count). The van der Waals surface area contributed by atoms with Crippen LogP contribution in [-0.4, -0.2) is 77.9 Å². The molecule has 1 spiro atoms. The van der Waals surface area contributed by atoms with Gasteiger partial charge in [-0.15, -0.1) is 11.3 Å². The molecular formula is C27H40N4O4S. The average molecular weight is 517 g/mol. The van der Waals surface area contributed by atoms with Gasteiger partial charge >= 0.3 is 0 Å². The second-order valence-electron chi connectivity index (χ2n) is 12.3. The Kier molecular flexibility index (Phi) is 7.15. The van der Waals surface area contributed by atoms with Crippen molar-refractivity contribution in [3.05, 3.63) is 16.6 Å². The van der Waals surface area contributed by atoms with Gasteiger partial charge < -0.3 is 19.9 Å². The average Bonchev–Trinajstić information content (AvgIpc) is 3.23. The normalized spacial score (nSPS) is 27.5. The van der Waals surface area contributed by atoms with Gasteiger partial charge in [-0.2, -0.15) is 0 Å². The van der Waals surface area contributed by atoms with Crippen molar-refractivity contribution in [3.8, 4) is 0 Å². The molecule has 2 aliphatic carbocycles. The maximum Gasteiger partial charge on any atom is 0.265 e. The molecule has 9 heteroatoms. The van der Waals surface area contributed by atoms with Crippen molar-refractivity contribution in [2.75, 3.05) is 39.3 Å². The van der Waals surface area contributed by atoms with Crippen LogP contribution in [0.2, 0.25) is 0 Å². The van der Waals surface area contributed by atoms with Crippen molar-refractivity contribution >= 4 is 29.1 Å². The number of likely N-dealkylation sites (tertiary alicyclic amines) is 2. The van der Waals surface area contributed by atoms with Crippen molar-refractivity contribution in [1.29, 1.82) is 0 Å². The Hall–Kier alpha value is -2.00. The molecule has 2 saturated heterocycles. The summed E-state index contributed by atoms with van der Waals surface area (Å²) in [5.41, 5.74) is 1.35. The zero-order valence-corrected chi connectivity index (χ0v) is 22.6. The molecule has 1 aromatic heterocycles. The molecule has 8 nitrogen and oxygen atoms in total. The molecule has 198 valence electrons. The lowest BCUT2D eigenvalue weighted by atomic mass is 9.71. The van der Waals surface area contributed by atoms with Gasteiger partial charge in [0.25, 0.3) is 5.91 Å². The highest BCUT2D eigenvalue weighted by Crippen LogP contribution is 2.54. The molecule has 4 fully saturated rings. The molecule has 0 aromatic carbocycles. The van der Waals surface area contributed by atoms with Crippen LogP contribution in [-0.2, 0) is 14.3 Å². The van der Waals surface area contributed by atoms with Crippen molar-refractivity contribution in [1.82, 2.24) is 20.1 Å². The minimum atomic E-state index is -0.384. The minimum absolute atomic E-state index is 0.0402. The van der Waals surface area contributed by atoms with Crippen LogP contribution in [0.25, 0.3) is 0 Å². The number of thiazole rings is 1. The first kappa shape index (κ1) is 25.6. The summed E-state index contributed by atoms with van der Waals surface area (Å²) in [6.07, 6.45) is 8.84. The summed E-state index contributed by atoms with van der Waals surface area (Å²) in [5.74, 6) is 0.459. The third-order valence-corrected chi connectivity index (χ3v) is 9.70. The van der Waals surface area contributed by atoms with Crippen LogP contribution in [0.3, 0.4) is 0 Å². The third kappa shape index (κ3) is 5.19. The van der Waals surface area contributed by atoms with E-state index in [4.69, 9.17) is 4.74 Å². The molecule has 2 saturated carbocycles. The number of hydrogen-bond acceptors (Lipinski definition) is 6. The Morgan fingerprint density at radius 3 is 2.47 bits per heavy atom. The Bertz CT molecular complexity index is 968. The van der Waals surface area contributed by atoms with Crippen LogP contribution in [0.15, 0.2) is 11.7 Å². The number of aromatic nitrogens is 1. The van der Waals surface area contributed by atoms with Gasteiger partial charge in [-0.05, 0) is 37.5 Å². The molecule has 2 aliphatic heterocycles. The predicted octanol–water partition coefficient (Wildman–Crippen LogP) is 3.19. The number of hydrogen-bond donors (Lipinski definition) is 1. The second kappa shape index (κ2) is 10.0. The van der Waals surface area contributed by atoms with E-state index < -0.39 is 0 Å². The highest BCUT2D eigenvalue weighted by molar-refractivity contribution is 7.11. The molecule has 0 unspecified atom stereocenters. The Morgan fingerprint density at radius 1 is 1.14 bits per heavy atom. The van der Waals surface area contributed by atoms with E-state index in [1.54, 1.807) is 16.6 Å². The number of amides is 3. The van der Waals surface area contributed by atoms with Gasteiger partial charge in [0.1, 0.15) is 4.88 Å². The van der Waals surface area contributed by atoms with E-state index in [0.717, 1.165) is 13.0 Å². The number of carbonyl (C=O) groups excluding carboxylic acids is 3. The first-order valence-corrected chi connectivity index (χ1v) is 14.4. The second-order valence-corrected chi connectivity index (χ2v) is 13.2. The maximum atomic E-state index is 13.4. The summed E-state index contributed by atoms with van der Waals surface area (Å²) in [7, 11) is 0. The van der Waals surface area contributed by atoms with Gasteiger partial charge in [-0.1, -0.05) is 33.1 Å². The SMILES string of the molecule is C[C@H](CNC(=O)[C@@H]1CN(C(=O)c2cncs2)CC12CN(C(=O)[C@H]1CC1(C)C)C2)OCC1CCCCC1. The molecule has 3 atom stereocenters. The molecule has 4 aliphatic rings. The van der Waals surface area contributed by atoms with E-state index in [1.165, 1.54) is 43.4 Å². The molecule has 1 N–H and O–H groups in total. The number of carbonyl (C=O) groups is 3. The molecule has 3 amide bonds. The Labute approximate surface area is 218 Å². The van der Waals surface area contributed by atoms with E-state index in [0.29, 0.717) is 43.5 Å².